The molecule has 1 unspecified atom stereocenters. The van der Waals surface area contributed by atoms with Gasteiger partial charge >= 0.3 is 0 Å². The highest BCUT2D eigenvalue weighted by Crippen LogP contribution is 2.25. The van der Waals surface area contributed by atoms with E-state index in [1.54, 1.807) is 16.0 Å². The molecule has 2 N–H and O–H groups in total. The maximum atomic E-state index is 12.5. The van der Waals surface area contributed by atoms with Crippen LogP contribution in [-0.4, -0.2) is 39.8 Å². The standard InChI is InChI=1S/C18H19N5OS/c24-18(20-12-13-6-4-10-19-13)16-21-17(15-9-5-11-25-15)23(22-16)14-7-2-1-3-8-14/h1-3,5,7-9,11,13,19H,4,6,10,12H2,(H,20,24). The number of benzene rings is 1. The minimum atomic E-state index is -0.235. The Bertz CT molecular complexity index is 838. The molecule has 1 aliphatic heterocycles. The minimum Gasteiger partial charge on any atom is -0.348 e. The zero-order chi connectivity index (χ0) is 17.1. The van der Waals surface area contributed by atoms with Gasteiger partial charge in [-0.15, -0.1) is 16.4 Å². The van der Waals surface area contributed by atoms with Gasteiger partial charge in [0, 0.05) is 12.6 Å². The lowest BCUT2D eigenvalue weighted by atomic mass is 10.2. The molecule has 2 aromatic heterocycles. The van der Waals surface area contributed by atoms with Gasteiger partial charge in [0.05, 0.1) is 10.6 Å². The van der Waals surface area contributed by atoms with E-state index in [1.165, 1.54) is 0 Å². The quantitative estimate of drug-likeness (QED) is 0.739. The van der Waals surface area contributed by atoms with Gasteiger partial charge in [-0.25, -0.2) is 9.67 Å². The van der Waals surface area contributed by atoms with Crippen LogP contribution in [0.3, 0.4) is 0 Å². The van der Waals surface area contributed by atoms with Gasteiger partial charge < -0.3 is 10.6 Å². The number of para-hydroxylation sites is 1. The first-order valence-electron chi connectivity index (χ1n) is 8.39. The summed E-state index contributed by atoms with van der Waals surface area (Å²) in [6.45, 7) is 1.62. The van der Waals surface area contributed by atoms with Crippen molar-refractivity contribution in [3.8, 4) is 16.4 Å². The van der Waals surface area contributed by atoms with Crippen molar-refractivity contribution in [2.45, 2.75) is 18.9 Å². The van der Waals surface area contributed by atoms with Crippen LogP contribution in [0.5, 0.6) is 0 Å². The Morgan fingerprint density at radius 3 is 2.88 bits per heavy atom. The van der Waals surface area contributed by atoms with Gasteiger partial charge in [-0.3, -0.25) is 4.79 Å². The lowest BCUT2D eigenvalue weighted by Gasteiger charge is -2.09. The van der Waals surface area contributed by atoms with Crippen LogP contribution < -0.4 is 10.6 Å². The smallest absolute Gasteiger partial charge is 0.291 e. The first-order valence-corrected chi connectivity index (χ1v) is 9.27. The predicted octanol–water partition coefficient (Wildman–Crippen LogP) is 2.48. The van der Waals surface area contributed by atoms with Crippen molar-refractivity contribution in [1.82, 2.24) is 25.4 Å². The van der Waals surface area contributed by atoms with Crippen LogP contribution in [-0.2, 0) is 0 Å². The monoisotopic (exact) mass is 353 g/mol. The van der Waals surface area contributed by atoms with Crippen molar-refractivity contribution in [2.24, 2.45) is 0 Å². The average Bonchev–Trinajstić information content (AvgIpc) is 3.41. The molecule has 0 radical (unpaired) electrons. The number of carbonyl (C=O) groups excluding carboxylic acids is 1. The van der Waals surface area contributed by atoms with E-state index in [1.807, 2.05) is 47.8 Å². The van der Waals surface area contributed by atoms with E-state index in [9.17, 15) is 4.79 Å². The summed E-state index contributed by atoms with van der Waals surface area (Å²) in [7, 11) is 0. The van der Waals surface area contributed by atoms with E-state index >= 15 is 0 Å². The number of hydrogen-bond donors (Lipinski definition) is 2. The van der Waals surface area contributed by atoms with Crippen LogP contribution in [0, 0.1) is 0 Å². The molecule has 0 spiro atoms. The molecule has 128 valence electrons. The molecule has 1 saturated heterocycles. The Morgan fingerprint density at radius 2 is 2.16 bits per heavy atom. The number of amides is 1. The van der Waals surface area contributed by atoms with Crippen molar-refractivity contribution in [1.29, 1.82) is 0 Å². The van der Waals surface area contributed by atoms with E-state index in [4.69, 9.17) is 0 Å². The zero-order valence-corrected chi connectivity index (χ0v) is 14.5. The fourth-order valence-electron chi connectivity index (χ4n) is 2.95. The predicted molar refractivity (Wildman–Crippen MR) is 98.0 cm³/mol. The summed E-state index contributed by atoms with van der Waals surface area (Å²) in [6.07, 6.45) is 2.25. The van der Waals surface area contributed by atoms with Gasteiger partial charge in [-0.2, -0.15) is 0 Å². The molecular weight excluding hydrogens is 334 g/mol. The van der Waals surface area contributed by atoms with E-state index in [-0.39, 0.29) is 11.7 Å². The first kappa shape index (κ1) is 16.0. The Morgan fingerprint density at radius 1 is 1.28 bits per heavy atom. The lowest BCUT2D eigenvalue weighted by Crippen LogP contribution is -2.37. The molecule has 3 heterocycles. The van der Waals surface area contributed by atoms with Crippen LogP contribution in [0.15, 0.2) is 47.8 Å². The highest BCUT2D eigenvalue weighted by Gasteiger charge is 2.21. The lowest BCUT2D eigenvalue weighted by molar-refractivity contribution is 0.0940. The van der Waals surface area contributed by atoms with Gasteiger partial charge in [0.1, 0.15) is 0 Å². The molecule has 7 heteroatoms. The largest absolute Gasteiger partial charge is 0.348 e. The van der Waals surface area contributed by atoms with Crippen LogP contribution in [0.4, 0.5) is 0 Å². The third-order valence-electron chi connectivity index (χ3n) is 4.22. The third-order valence-corrected chi connectivity index (χ3v) is 5.09. The molecule has 1 amide bonds. The summed E-state index contributed by atoms with van der Waals surface area (Å²) in [4.78, 5) is 18.0. The molecule has 25 heavy (non-hydrogen) atoms. The van der Waals surface area contributed by atoms with Crippen LogP contribution in [0.2, 0.25) is 0 Å². The van der Waals surface area contributed by atoms with E-state index < -0.39 is 0 Å². The molecular formula is C18H19N5OS. The van der Waals surface area contributed by atoms with Crippen molar-refractivity contribution in [3.63, 3.8) is 0 Å². The molecule has 0 bridgehead atoms. The maximum absolute atomic E-state index is 12.5. The average molecular weight is 353 g/mol. The third kappa shape index (κ3) is 3.47. The van der Waals surface area contributed by atoms with Crippen LogP contribution >= 0.6 is 11.3 Å². The Labute approximate surface area is 149 Å². The second-order valence-electron chi connectivity index (χ2n) is 5.99. The Balaban J connectivity index is 1.61. The topological polar surface area (TPSA) is 71.8 Å². The van der Waals surface area contributed by atoms with Crippen LogP contribution in [0.1, 0.15) is 23.5 Å². The maximum Gasteiger partial charge on any atom is 0.291 e. The SMILES string of the molecule is O=C(NCC1CCCN1)c1nc(-c2cccs2)n(-c2ccccc2)n1. The number of nitrogens with zero attached hydrogens (tertiary/aromatic N) is 3. The highest BCUT2D eigenvalue weighted by molar-refractivity contribution is 7.13. The summed E-state index contributed by atoms with van der Waals surface area (Å²) >= 11 is 1.58. The molecule has 4 rings (SSSR count). The first-order chi connectivity index (χ1) is 12.3. The van der Waals surface area contributed by atoms with E-state index in [2.05, 4.69) is 20.7 Å². The molecule has 0 saturated carbocycles. The molecule has 1 aliphatic rings. The summed E-state index contributed by atoms with van der Waals surface area (Å²) < 4.78 is 1.73. The number of rotatable bonds is 5. The molecule has 3 aromatic rings. The molecule has 1 atom stereocenters. The fourth-order valence-corrected chi connectivity index (χ4v) is 3.65. The van der Waals surface area contributed by atoms with Gasteiger partial charge in [0.2, 0.25) is 5.82 Å². The summed E-state index contributed by atoms with van der Waals surface area (Å²) in [5.41, 5.74) is 0.884. The minimum absolute atomic E-state index is 0.199. The number of hydrogen-bond acceptors (Lipinski definition) is 5. The molecule has 1 aromatic carbocycles. The van der Waals surface area contributed by atoms with Crippen molar-refractivity contribution in [2.75, 3.05) is 13.1 Å². The van der Waals surface area contributed by atoms with Gasteiger partial charge in [-0.05, 0) is 43.0 Å². The fraction of sp³-hybridized carbons (Fsp3) is 0.278. The number of aromatic nitrogens is 3. The van der Waals surface area contributed by atoms with Gasteiger partial charge in [-0.1, -0.05) is 24.3 Å². The summed E-state index contributed by atoms with van der Waals surface area (Å²) in [5, 5.41) is 12.8. The van der Waals surface area contributed by atoms with Crippen molar-refractivity contribution < 1.29 is 4.79 Å². The zero-order valence-electron chi connectivity index (χ0n) is 13.7. The second-order valence-corrected chi connectivity index (χ2v) is 6.93. The van der Waals surface area contributed by atoms with Gasteiger partial charge in [0.25, 0.3) is 5.91 Å². The second kappa shape index (κ2) is 7.16. The van der Waals surface area contributed by atoms with Crippen molar-refractivity contribution in [3.05, 3.63) is 53.7 Å². The Kier molecular flexibility index (Phi) is 4.58. The summed E-state index contributed by atoms with van der Waals surface area (Å²) in [6, 6.07) is 14.0. The van der Waals surface area contributed by atoms with E-state index in [0.29, 0.717) is 18.4 Å². The number of carbonyl (C=O) groups is 1. The number of nitrogens with one attached hydrogen (secondary N) is 2. The normalized spacial score (nSPS) is 16.9. The van der Waals surface area contributed by atoms with Gasteiger partial charge in [0.15, 0.2) is 5.82 Å². The molecule has 1 fully saturated rings. The van der Waals surface area contributed by atoms with Crippen LogP contribution in [0.25, 0.3) is 16.4 Å². The molecule has 6 nitrogen and oxygen atoms in total. The highest BCUT2D eigenvalue weighted by atomic mass is 32.1. The Hall–Kier alpha value is -2.51. The summed E-state index contributed by atoms with van der Waals surface area (Å²) in [5.74, 6) is 0.650. The number of thiophene rings is 1. The van der Waals surface area contributed by atoms with Crippen molar-refractivity contribution >= 4 is 17.2 Å². The van der Waals surface area contributed by atoms with E-state index in [0.717, 1.165) is 30.0 Å². The molecule has 0 aliphatic carbocycles.